The van der Waals surface area contributed by atoms with Crippen LogP contribution >= 0.6 is 0 Å². The lowest BCUT2D eigenvalue weighted by Gasteiger charge is -2.11. The van der Waals surface area contributed by atoms with E-state index < -0.39 is 0 Å². The fraction of sp³-hybridized carbons (Fsp3) is 0.312. The molecule has 1 aromatic carbocycles. The molecule has 106 valence electrons. The molecule has 0 bridgehead atoms. The number of amides is 1. The summed E-state index contributed by atoms with van der Waals surface area (Å²) in [5, 5.41) is 2.90. The lowest BCUT2D eigenvalue weighted by molar-refractivity contribution is -0.116. The molecule has 20 heavy (non-hydrogen) atoms. The number of ether oxygens (including phenoxy) is 1. The summed E-state index contributed by atoms with van der Waals surface area (Å²) in [6, 6.07) is 11.5. The number of nitrogens with one attached hydrogen (secondary N) is 1. The van der Waals surface area contributed by atoms with E-state index in [4.69, 9.17) is 4.74 Å². The average molecular weight is 272 g/mol. The topological polar surface area (TPSA) is 43.3 Å². The molecule has 0 saturated heterocycles. The van der Waals surface area contributed by atoms with Crippen LogP contribution in [0.4, 0.5) is 5.69 Å². The summed E-state index contributed by atoms with van der Waals surface area (Å²) < 4.78 is 7.52. The van der Waals surface area contributed by atoms with Gasteiger partial charge in [0.2, 0.25) is 5.91 Å². The molecule has 0 aliphatic rings. The summed E-state index contributed by atoms with van der Waals surface area (Å²) in [6.07, 6.45) is 3.17. The number of aryl methyl sites for hydroxylation is 2. The fourth-order valence-electron chi connectivity index (χ4n) is 2.06. The maximum atomic E-state index is 12.0. The number of carbonyl (C=O) groups is 1. The van der Waals surface area contributed by atoms with Gasteiger partial charge in [-0.3, -0.25) is 4.79 Å². The Hall–Kier alpha value is -2.23. The Bertz CT molecular complexity index is 575. The molecule has 4 heteroatoms. The molecule has 1 heterocycles. The molecule has 1 aromatic heterocycles. The lowest BCUT2D eigenvalue weighted by Crippen LogP contribution is -2.14. The summed E-state index contributed by atoms with van der Waals surface area (Å²) in [7, 11) is 1.98. The van der Waals surface area contributed by atoms with Gasteiger partial charge in [-0.2, -0.15) is 0 Å². The van der Waals surface area contributed by atoms with Crippen LogP contribution in [0.1, 0.15) is 19.0 Å². The third-order valence-electron chi connectivity index (χ3n) is 3.12. The van der Waals surface area contributed by atoms with E-state index >= 15 is 0 Å². The van der Waals surface area contributed by atoms with Gasteiger partial charge < -0.3 is 14.6 Å². The van der Waals surface area contributed by atoms with Crippen LogP contribution in [0.15, 0.2) is 42.6 Å². The summed E-state index contributed by atoms with van der Waals surface area (Å²) in [4.78, 5) is 12.0. The van der Waals surface area contributed by atoms with E-state index in [0.29, 0.717) is 18.8 Å². The van der Waals surface area contributed by atoms with E-state index in [1.54, 1.807) is 0 Å². The molecule has 0 aliphatic heterocycles. The van der Waals surface area contributed by atoms with Crippen molar-refractivity contribution in [2.45, 2.75) is 19.8 Å². The van der Waals surface area contributed by atoms with Gasteiger partial charge in [0.1, 0.15) is 5.75 Å². The summed E-state index contributed by atoms with van der Waals surface area (Å²) in [6.45, 7) is 2.50. The van der Waals surface area contributed by atoms with Crippen LogP contribution in [0, 0.1) is 0 Å². The van der Waals surface area contributed by atoms with Crippen LogP contribution in [0.3, 0.4) is 0 Å². The molecule has 1 amide bonds. The highest BCUT2D eigenvalue weighted by atomic mass is 16.5. The zero-order valence-electron chi connectivity index (χ0n) is 11.9. The minimum Gasteiger partial charge on any atom is -0.492 e. The minimum atomic E-state index is -0.00152. The molecular formula is C16H20N2O2. The normalized spacial score (nSPS) is 10.3. The molecule has 0 atom stereocenters. The first-order chi connectivity index (χ1) is 9.70. The summed E-state index contributed by atoms with van der Waals surface area (Å²) in [5.74, 6) is 0.709. The molecule has 4 nitrogen and oxygen atoms in total. The van der Waals surface area contributed by atoms with Gasteiger partial charge >= 0.3 is 0 Å². The zero-order chi connectivity index (χ0) is 14.4. The van der Waals surface area contributed by atoms with Crippen molar-refractivity contribution < 1.29 is 9.53 Å². The van der Waals surface area contributed by atoms with E-state index in [9.17, 15) is 4.79 Å². The van der Waals surface area contributed by atoms with Crippen molar-refractivity contribution >= 4 is 11.6 Å². The first-order valence-electron chi connectivity index (χ1n) is 6.82. The predicted octanol–water partition coefficient (Wildman–Crippen LogP) is 3.00. The first-order valence-corrected chi connectivity index (χ1v) is 6.82. The fourth-order valence-corrected chi connectivity index (χ4v) is 2.06. The molecular weight excluding hydrogens is 252 g/mol. The Labute approximate surface area is 119 Å². The van der Waals surface area contributed by atoms with Crippen LogP contribution in [-0.2, 0) is 18.3 Å². The Kier molecular flexibility index (Phi) is 4.82. The number of benzene rings is 1. The van der Waals surface area contributed by atoms with Crippen molar-refractivity contribution in [1.29, 1.82) is 0 Å². The quantitative estimate of drug-likeness (QED) is 0.878. The van der Waals surface area contributed by atoms with Crippen molar-refractivity contribution in [3.05, 3.63) is 48.3 Å². The number of nitrogens with zero attached hydrogens (tertiary/aromatic N) is 1. The van der Waals surface area contributed by atoms with Crippen molar-refractivity contribution in [1.82, 2.24) is 4.57 Å². The zero-order valence-corrected chi connectivity index (χ0v) is 11.9. The van der Waals surface area contributed by atoms with Crippen LogP contribution in [0.5, 0.6) is 5.75 Å². The Morgan fingerprint density at radius 3 is 2.75 bits per heavy atom. The van der Waals surface area contributed by atoms with Crippen molar-refractivity contribution in [2.75, 3.05) is 11.9 Å². The van der Waals surface area contributed by atoms with Crippen molar-refractivity contribution in [3.63, 3.8) is 0 Å². The van der Waals surface area contributed by atoms with Gasteiger partial charge in [0.05, 0.1) is 12.3 Å². The molecule has 2 aromatic rings. The smallest absolute Gasteiger partial charge is 0.224 e. The molecule has 2 rings (SSSR count). The summed E-state index contributed by atoms with van der Waals surface area (Å²) in [5.41, 5.74) is 1.88. The third kappa shape index (κ3) is 3.63. The largest absolute Gasteiger partial charge is 0.492 e. The van der Waals surface area contributed by atoms with Gasteiger partial charge in [-0.25, -0.2) is 0 Å². The van der Waals surface area contributed by atoms with Gasteiger partial charge in [0.15, 0.2) is 0 Å². The molecule has 0 aliphatic carbocycles. The molecule has 0 unspecified atom stereocenters. The van der Waals surface area contributed by atoms with E-state index in [2.05, 4.69) is 5.32 Å². The number of aromatic nitrogens is 1. The second kappa shape index (κ2) is 6.80. The Morgan fingerprint density at radius 2 is 2.05 bits per heavy atom. The molecule has 0 spiro atoms. The number of hydrogen-bond acceptors (Lipinski definition) is 2. The Morgan fingerprint density at radius 1 is 1.25 bits per heavy atom. The van der Waals surface area contributed by atoms with E-state index in [0.717, 1.165) is 17.8 Å². The standard InChI is InChI=1S/C16H20N2O2/c1-3-20-15-9-5-4-8-14(15)17-16(19)11-10-13-7-6-12-18(13)2/h4-9,12H,3,10-11H2,1-2H3,(H,17,19). The van der Waals surface area contributed by atoms with Gasteiger partial charge in [-0.1, -0.05) is 12.1 Å². The van der Waals surface area contributed by atoms with E-state index in [1.807, 2.05) is 61.1 Å². The molecule has 0 radical (unpaired) electrons. The predicted molar refractivity (Wildman–Crippen MR) is 80.0 cm³/mol. The summed E-state index contributed by atoms with van der Waals surface area (Å²) >= 11 is 0. The second-order valence-corrected chi connectivity index (χ2v) is 4.59. The number of para-hydroxylation sites is 2. The highest BCUT2D eigenvalue weighted by molar-refractivity contribution is 5.92. The average Bonchev–Trinajstić information content (AvgIpc) is 2.84. The van der Waals surface area contributed by atoms with Crippen molar-refractivity contribution in [2.24, 2.45) is 7.05 Å². The van der Waals surface area contributed by atoms with E-state index in [-0.39, 0.29) is 5.91 Å². The Balaban J connectivity index is 1.93. The third-order valence-corrected chi connectivity index (χ3v) is 3.12. The number of carbonyl (C=O) groups excluding carboxylic acids is 1. The minimum absolute atomic E-state index is 0.00152. The molecule has 0 saturated carbocycles. The maximum absolute atomic E-state index is 12.0. The van der Waals surface area contributed by atoms with Gasteiger partial charge in [-0.05, 0) is 37.6 Å². The van der Waals surface area contributed by atoms with Crippen LogP contribution in [0.25, 0.3) is 0 Å². The lowest BCUT2D eigenvalue weighted by atomic mass is 10.2. The van der Waals surface area contributed by atoms with Gasteiger partial charge in [0.25, 0.3) is 0 Å². The maximum Gasteiger partial charge on any atom is 0.224 e. The monoisotopic (exact) mass is 272 g/mol. The van der Waals surface area contributed by atoms with Crippen LogP contribution in [0.2, 0.25) is 0 Å². The number of anilines is 1. The SMILES string of the molecule is CCOc1ccccc1NC(=O)CCc1cccn1C. The van der Waals surface area contributed by atoms with Crippen LogP contribution in [-0.4, -0.2) is 17.1 Å². The van der Waals surface area contributed by atoms with Crippen LogP contribution < -0.4 is 10.1 Å². The molecule has 1 N–H and O–H groups in total. The second-order valence-electron chi connectivity index (χ2n) is 4.59. The van der Waals surface area contributed by atoms with Gasteiger partial charge in [-0.15, -0.1) is 0 Å². The first kappa shape index (κ1) is 14.2. The van der Waals surface area contributed by atoms with E-state index in [1.165, 1.54) is 0 Å². The molecule has 0 fully saturated rings. The van der Waals surface area contributed by atoms with Crippen molar-refractivity contribution in [3.8, 4) is 5.75 Å². The van der Waals surface area contributed by atoms with Gasteiger partial charge in [0, 0.05) is 25.4 Å². The highest BCUT2D eigenvalue weighted by Crippen LogP contribution is 2.23. The number of rotatable bonds is 6. The number of hydrogen-bond donors (Lipinski definition) is 1. The highest BCUT2D eigenvalue weighted by Gasteiger charge is 2.08.